The fraction of sp³-hybridized carbons (Fsp3) is 0.533. The number of rotatable bonds is 12. The Kier molecular flexibility index (Phi) is 12.2. The highest BCUT2D eigenvalue weighted by Crippen LogP contribution is 2.30. The molecule has 1 aliphatic heterocycles. The molecule has 0 saturated carbocycles. The number of pyridine rings is 1. The molecule has 2 heterocycles. The average molecular weight is 573 g/mol. The summed E-state index contributed by atoms with van der Waals surface area (Å²) in [6.45, 7) is 7.19. The molecule has 1 aliphatic rings. The number of para-hydroxylation sites is 1. The SMILES string of the molecule is CCCOC1C(C)OC(=O)C(NC(=O)c2nccc(OC)c2OCOC(=O)C(C)C)CCCC1Oc1ccccc1. The average Bonchev–Trinajstić information content (AvgIpc) is 3.01. The van der Waals surface area contributed by atoms with Crippen LogP contribution in [0.25, 0.3) is 0 Å². The number of nitrogens with one attached hydrogen (secondary N) is 1. The first-order valence-electron chi connectivity index (χ1n) is 13.9. The summed E-state index contributed by atoms with van der Waals surface area (Å²) in [5, 5.41) is 2.73. The molecule has 11 nitrogen and oxygen atoms in total. The summed E-state index contributed by atoms with van der Waals surface area (Å²) in [5.41, 5.74) is -0.125. The molecule has 0 bridgehead atoms. The van der Waals surface area contributed by atoms with Crippen LogP contribution in [0, 0.1) is 5.92 Å². The molecule has 1 saturated heterocycles. The molecule has 11 heteroatoms. The smallest absolute Gasteiger partial charge is 0.329 e. The molecule has 0 aliphatic carbocycles. The van der Waals surface area contributed by atoms with Crippen LogP contribution in [0.3, 0.4) is 0 Å². The largest absolute Gasteiger partial charge is 0.493 e. The number of carbonyl (C=O) groups excluding carboxylic acids is 3. The quantitative estimate of drug-likeness (QED) is 0.293. The summed E-state index contributed by atoms with van der Waals surface area (Å²) in [6.07, 6.45) is 2.11. The van der Waals surface area contributed by atoms with Crippen molar-refractivity contribution in [2.24, 2.45) is 5.92 Å². The fourth-order valence-electron chi connectivity index (χ4n) is 4.30. The van der Waals surface area contributed by atoms with E-state index in [1.54, 1.807) is 20.8 Å². The number of cyclic esters (lactones) is 1. The first-order chi connectivity index (χ1) is 19.7. The van der Waals surface area contributed by atoms with Gasteiger partial charge in [0.05, 0.1) is 13.0 Å². The molecule has 1 N–H and O–H groups in total. The van der Waals surface area contributed by atoms with Crippen molar-refractivity contribution in [3.05, 3.63) is 48.3 Å². The maximum atomic E-state index is 13.4. The molecule has 4 atom stereocenters. The maximum absolute atomic E-state index is 13.4. The maximum Gasteiger partial charge on any atom is 0.329 e. The number of amides is 1. The van der Waals surface area contributed by atoms with Crippen molar-refractivity contribution in [2.45, 2.75) is 77.7 Å². The van der Waals surface area contributed by atoms with E-state index in [-0.39, 0.29) is 29.2 Å². The fourth-order valence-corrected chi connectivity index (χ4v) is 4.30. The summed E-state index contributed by atoms with van der Waals surface area (Å²) < 4.78 is 34.2. The van der Waals surface area contributed by atoms with Crippen LogP contribution in [0.1, 0.15) is 63.9 Å². The number of ether oxygens (including phenoxy) is 6. The third kappa shape index (κ3) is 9.07. The highest BCUT2D eigenvalue weighted by molar-refractivity contribution is 5.98. The second-order valence-electron chi connectivity index (χ2n) is 9.97. The normalized spacial score (nSPS) is 21.1. The van der Waals surface area contributed by atoms with Gasteiger partial charge in [-0.2, -0.15) is 0 Å². The third-order valence-corrected chi connectivity index (χ3v) is 6.43. The van der Waals surface area contributed by atoms with E-state index in [1.165, 1.54) is 19.4 Å². The van der Waals surface area contributed by atoms with Gasteiger partial charge >= 0.3 is 11.9 Å². The van der Waals surface area contributed by atoms with Crippen LogP contribution in [0.4, 0.5) is 0 Å². The molecule has 1 amide bonds. The van der Waals surface area contributed by atoms with Gasteiger partial charge in [0.25, 0.3) is 5.91 Å². The van der Waals surface area contributed by atoms with Crippen LogP contribution in [0.2, 0.25) is 0 Å². The zero-order valence-corrected chi connectivity index (χ0v) is 24.3. The molecule has 0 radical (unpaired) electrons. The monoisotopic (exact) mass is 572 g/mol. The van der Waals surface area contributed by atoms with Gasteiger partial charge in [-0.15, -0.1) is 0 Å². The number of carbonyl (C=O) groups is 3. The Morgan fingerprint density at radius 1 is 1.15 bits per heavy atom. The van der Waals surface area contributed by atoms with Crippen molar-refractivity contribution in [1.82, 2.24) is 10.3 Å². The molecule has 1 aromatic heterocycles. The van der Waals surface area contributed by atoms with Crippen molar-refractivity contribution in [2.75, 3.05) is 20.5 Å². The second-order valence-corrected chi connectivity index (χ2v) is 9.97. The van der Waals surface area contributed by atoms with Gasteiger partial charge in [0.2, 0.25) is 6.79 Å². The first kappa shape index (κ1) is 31.7. The van der Waals surface area contributed by atoms with E-state index in [1.807, 2.05) is 37.3 Å². The van der Waals surface area contributed by atoms with Crippen molar-refractivity contribution in [3.8, 4) is 17.2 Å². The molecule has 2 aromatic rings. The lowest BCUT2D eigenvalue weighted by Crippen LogP contribution is -2.46. The summed E-state index contributed by atoms with van der Waals surface area (Å²) in [7, 11) is 1.41. The Bertz CT molecular complexity index is 1140. The van der Waals surface area contributed by atoms with Crippen molar-refractivity contribution < 1.29 is 42.8 Å². The van der Waals surface area contributed by atoms with Gasteiger partial charge in [-0.1, -0.05) is 39.0 Å². The Balaban J connectivity index is 1.76. The van der Waals surface area contributed by atoms with E-state index < -0.39 is 42.9 Å². The minimum Gasteiger partial charge on any atom is -0.493 e. The minimum absolute atomic E-state index is 0.0155. The molecule has 1 fully saturated rings. The second kappa shape index (κ2) is 15.8. The van der Waals surface area contributed by atoms with Crippen LogP contribution in [0.5, 0.6) is 17.2 Å². The molecular weight excluding hydrogens is 532 g/mol. The molecule has 1 aromatic carbocycles. The number of hydrogen-bond donors (Lipinski definition) is 1. The van der Waals surface area contributed by atoms with Crippen molar-refractivity contribution in [3.63, 3.8) is 0 Å². The first-order valence-corrected chi connectivity index (χ1v) is 13.9. The number of benzene rings is 1. The van der Waals surface area contributed by atoms with Crippen LogP contribution >= 0.6 is 0 Å². The standard InChI is InChI=1S/C30H40N2O9/c1-6-17-37-26-20(4)40-30(35)22(13-10-14-24(26)41-21-11-8-7-9-12-21)32-28(33)25-27(23(36-5)15-16-31-25)38-18-39-29(34)19(2)3/h7-9,11-12,15-16,19-20,22,24,26H,6,10,13-14,17-18H2,1-5H3,(H,32,33). The molecule has 0 spiro atoms. The summed E-state index contributed by atoms with van der Waals surface area (Å²) in [4.78, 5) is 42.6. The summed E-state index contributed by atoms with van der Waals surface area (Å²) >= 11 is 0. The van der Waals surface area contributed by atoms with E-state index in [0.29, 0.717) is 31.6 Å². The Labute approximate surface area is 240 Å². The highest BCUT2D eigenvalue weighted by Gasteiger charge is 2.36. The Hall–Kier alpha value is -3.86. The third-order valence-electron chi connectivity index (χ3n) is 6.43. The zero-order chi connectivity index (χ0) is 29.8. The Morgan fingerprint density at radius 2 is 1.90 bits per heavy atom. The van der Waals surface area contributed by atoms with Crippen LogP contribution < -0.4 is 19.5 Å². The van der Waals surface area contributed by atoms with Gasteiger partial charge in [-0.3, -0.25) is 9.59 Å². The molecular formula is C30H40N2O9. The van der Waals surface area contributed by atoms with Crippen LogP contribution in [0.15, 0.2) is 42.6 Å². The zero-order valence-electron chi connectivity index (χ0n) is 24.3. The van der Waals surface area contributed by atoms with Crippen LogP contribution in [-0.2, 0) is 23.8 Å². The van der Waals surface area contributed by atoms with Gasteiger partial charge < -0.3 is 33.7 Å². The highest BCUT2D eigenvalue weighted by atomic mass is 16.7. The van der Waals surface area contributed by atoms with E-state index in [0.717, 1.165) is 6.42 Å². The minimum atomic E-state index is -0.952. The van der Waals surface area contributed by atoms with Gasteiger partial charge in [0, 0.05) is 18.9 Å². The van der Waals surface area contributed by atoms with Gasteiger partial charge in [-0.05, 0) is 44.7 Å². The van der Waals surface area contributed by atoms with E-state index in [9.17, 15) is 14.4 Å². The van der Waals surface area contributed by atoms with Gasteiger partial charge in [0.15, 0.2) is 17.2 Å². The summed E-state index contributed by atoms with van der Waals surface area (Å²) in [6, 6.07) is 9.98. The molecule has 4 unspecified atom stereocenters. The number of esters is 2. The summed E-state index contributed by atoms with van der Waals surface area (Å²) in [5.74, 6) is -1.17. The number of methoxy groups -OCH3 is 1. The predicted octanol–water partition coefficient (Wildman–Crippen LogP) is 4.08. The van der Waals surface area contributed by atoms with E-state index >= 15 is 0 Å². The van der Waals surface area contributed by atoms with Gasteiger partial charge in [-0.25, -0.2) is 9.78 Å². The van der Waals surface area contributed by atoms with Crippen LogP contribution in [-0.4, -0.2) is 67.7 Å². The van der Waals surface area contributed by atoms with E-state index in [4.69, 9.17) is 28.4 Å². The topological polar surface area (TPSA) is 132 Å². The number of aromatic nitrogens is 1. The van der Waals surface area contributed by atoms with E-state index in [2.05, 4.69) is 10.3 Å². The molecule has 3 rings (SSSR count). The lowest BCUT2D eigenvalue weighted by Gasteiger charge is -2.31. The predicted molar refractivity (Wildman–Crippen MR) is 149 cm³/mol. The van der Waals surface area contributed by atoms with Gasteiger partial charge in [0.1, 0.15) is 30.1 Å². The number of hydrogen-bond acceptors (Lipinski definition) is 10. The van der Waals surface area contributed by atoms with Crippen molar-refractivity contribution in [1.29, 1.82) is 0 Å². The molecule has 224 valence electrons. The van der Waals surface area contributed by atoms with Crippen molar-refractivity contribution >= 4 is 17.8 Å². The number of nitrogens with zero attached hydrogens (tertiary/aromatic N) is 1. The lowest BCUT2D eigenvalue weighted by atomic mass is 10.0. The lowest BCUT2D eigenvalue weighted by molar-refractivity contribution is -0.163. The molecule has 41 heavy (non-hydrogen) atoms. The Morgan fingerprint density at radius 3 is 2.59 bits per heavy atom.